The van der Waals surface area contributed by atoms with E-state index in [1.807, 2.05) is 0 Å². The molecule has 78 valence electrons. The topological polar surface area (TPSA) is 72.5 Å². The van der Waals surface area contributed by atoms with Crippen molar-refractivity contribution in [1.82, 2.24) is 4.72 Å². The Morgan fingerprint density at radius 3 is 2.54 bits per heavy atom. The number of hydrogen-bond acceptors (Lipinski definition) is 4. The summed E-state index contributed by atoms with van der Waals surface area (Å²) in [5, 5.41) is -0.670. The fourth-order valence-corrected chi connectivity index (χ4v) is 2.05. The maximum absolute atomic E-state index is 11.3. The lowest BCUT2D eigenvalue weighted by Crippen LogP contribution is -2.38. The van der Waals surface area contributed by atoms with E-state index in [1.165, 1.54) is 6.92 Å². The Bertz CT molecular complexity index is 264. The van der Waals surface area contributed by atoms with Crippen molar-refractivity contribution in [3.63, 3.8) is 0 Å². The van der Waals surface area contributed by atoms with Gasteiger partial charge in [-0.3, -0.25) is 4.79 Å². The SMILES string of the molecule is COC(=O)C(C)S(=O)(=O)NCCBr. The van der Waals surface area contributed by atoms with Gasteiger partial charge in [0, 0.05) is 11.9 Å². The number of sulfonamides is 1. The Morgan fingerprint density at radius 2 is 2.15 bits per heavy atom. The van der Waals surface area contributed by atoms with Gasteiger partial charge in [0.15, 0.2) is 5.25 Å². The number of ether oxygens (including phenoxy) is 1. The van der Waals surface area contributed by atoms with Crippen molar-refractivity contribution in [2.75, 3.05) is 19.0 Å². The first-order chi connectivity index (χ1) is 5.95. The van der Waals surface area contributed by atoms with Crippen molar-refractivity contribution in [2.45, 2.75) is 12.2 Å². The molecule has 1 unspecified atom stereocenters. The summed E-state index contributed by atoms with van der Waals surface area (Å²) >= 11 is 3.06. The molecule has 7 heteroatoms. The highest BCUT2D eigenvalue weighted by molar-refractivity contribution is 9.09. The molecule has 0 rings (SSSR count). The van der Waals surface area contributed by atoms with Gasteiger partial charge in [0.05, 0.1) is 7.11 Å². The molecule has 0 saturated carbocycles. The van der Waals surface area contributed by atoms with Gasteiger partial charge in [-0.25, -0.2) is 13.1 Å². The highest BCUT2D eigenvalue weighted by Crippen LogP contribution is 2.00. The second kappa shape index (κ2) is 5.56. The minimum Gasteiger partial charge on any atom is -0.468 e. The third-order valence-corrected chi connectivity index (χ3v) is 3.52. The van der Waals surface area contributed by atoms with Crippen LogP contribution in [0.3, 0.4) is 0 Å². The number of carbonyl (C=O) groups is 1. The zero-order valence-corrected chi connectivity index (χ0v) is 9.81. The van der Waals surface area contributed by atoms with E-state index < -0.39 is 21.2 Å². The molecule has 0 aliphatic carbocycles. The second-order valence-electron chi connectivity index (χ2n) is 2.29. The van der Waals surface area contributed by atoms with Crippen LogP contribution >= 0.6 is 15.9 Å². The van der Waals surface area contributed by atoms with E-state index >= 15 is 0 Å². The van der Waals surface area contributed by atoms with Crippen LogP contribution in [0.25, 0.3) is 0 Å². The summed E-state index contributed by atoms with van der Waals surface area (Å²) in [4.78, 5) is 10.9. The van der Waals surface area contributed by atoms with Crippen LogP contribution in [-0.4, -0.2) is 38.6 Å². The lowest BCUT2D eigenvalue weighted by atomic mass is 10.5. The largest absolute Gasteiger partial charge is 0.468 e. The predicted octanol–water partition coefficient (Wildman–Crippen LogP) is -0.138. The summed E-state index contributed by atoms with van der Waals surface area (Å²) in [6.45, 7) is 1.53. The summed E-state index contributed by atoms with van der Waals surface area (Å²) in [7, 11) is -2.44. The molecule has 0 saturated heterocycles. The minimum absolute atomic E-state index is 0.254. The van der Waals surface area contributed by atoms with Crippen molar-refractivity contribution in [1.29, 1.82) is 0 Å². The van der Waals surface area contributed by atoms with E-state index in [4.69, 9.17) is 0 Å². The van der Waals surface area contributed by atoms with Crippen LogP contribution in [0, 0.1) is 0 Å². The Balaban J connectivity index is 4.37. The molecular weight excluding hydrogens is 262 g/mol. The second-order valence-corrected chi connectivity index (χ2v) is 5.17. The number of rotatable bonds is 5. The van der Waals surface area contributed by atoms with Gasteiger partial charge >= 0.3 is 5.97 Å². The first kappa shape index (κ1) is 12.9. The number of esters is 1. The van der Waals surface area contributed by atoms with Crippen molar-refractivity contribution >= 4 is 31.9 Å². The van der Waals surface area contributed by atoms with E-state index in [9.17, 15) is 13.2 Å². The van der Waals surface area contributed by atoms with Crippen LogP contribution in [0.4, 0.5) is 0 Å². The lowest BCUT2D eigenvalue weighted by molar-refractivity contribution is -0.139. The zero-order valence-electron chi connectivity index (χ0n) is 7.41. The molecule has 0 spiro atoms. The summed E-state index contributed by atoms with van der Waals surface area (Å²) in [6, 6.07) is 0. The lowest BCUT2D eigenvalue weighted by Gasteiger charge is -2.10. The molecule has 0 amide bonds. The van der Waals surface area contributed by atoms with Crippen LogP contribution in [0.5, 0.6) is 0 Å². The third-order valence-electron chi connectivity index (χ3n) is 1.40. The number of methoxy groups -OCH3 is 1. The minimum atomic E-state index is -3.59. The van der Waals surface area contributed by atoms with Crippen LogP contribution in [0.1, 0.15) is 6.92 Å². The van der Waals surface area contributed by atoms with E-state index in [2.05, 4.69) is 25.4 Å². The molecule has 0 aliphatic rings. The quantitative estimate of drug-likeness (QED) is 0.559. The van der Waals surface area contributed by atoms with Gasteiger partial charge in [-0.2, -0.15) is 0 Å². The molecule has 0 aromatic rings. The van der Waals surface area contributed by atoms with Crippen molar-refractivity contribution in [3.05, 3.63) is 0 Å². The molecule has 0 aromatic carbocycles. The van der Waals surface area contributed by atoms with Gasteiger partial charge in [0.2, 0.25) is 10.0 Å². The standard InChI is InChI=1S/C6H12BrNO4S/c1-5(6(9)12-2)13(10,11)8-4-3-7/h5,8H,3-4H2,1-2H3. The Labute approximate surface area is 86.0 Å². The predicted molar refractivity (Wildman–Crippen MR) is 52.2 cm³/mol. The molecular formula is C6H12BrNO4S. The van der Waals surface area contributed by atoms with E-state index in [0.717, 1.165) is 7.11 Å². The molecule has 0 heterocycles. The van der Waals surface area contributed by atoms with E-state index in [-0.39, 0.29) is 6.54 Å². The average molecular weight is 274 g/mol. The molecule has 0 fully saturated rings. The number of carbonyl (C=O) groups excluding carboxylic acids is 1. The molecule has 13 heavy (non-hydrogen) atoms. The van der Waals surface area contributed by atoms with Gasteiger partial charge in [-0.1, -0.05) is 15.9 Å². The number of hydrogen-bond donors (Lipinski definition) is 1. The average Bonchev–Trinajstić information content (AvgIpc) is 2.12. The molecule has 0 bridgehead atoms. The first-order valence-electron chi connectivity index (χ1n) is 3.58. The summed E-state index contributed by atoms with van der Waals surface area (Å²) < 4.78 is 29.1. The molecule has 1 N–H and O–H groups in total. The summed E-state index contributed by atoms with van der Waals surface area (Å²) in [5.41, 5.74) is 0. The Kier molecular flexibility index (Phi) is 5.50. The molecule has 0 aromatic heterocycles. The van der Waals surface area contributed by atoms with Crippen molar-refractivity contribution < 1.29 is 17.9 Å². The molecule has 5 nitrogen and oxygen atoms in total. The number of nitrogens with one attached hydrogen (secondary N) is 1. The smallest absolute Gasteiger partial charge is 0.325 e. The maximum atomic E-state index is 11.3. The van der Waals surface area contributed by atoms with Gasteiger partial charge in [-0.05, 0) is 6.92 Å². The van der Waals surface area contributed by atoms with Gasteiger partial charge < -0.3 is 4.74 Å². The highest BCUT2D eigenvalue weighted by atomic mass is 79.9. The number of alkyl halides is 1. The maximum Gasteiger partial charge on any atom is 0.325 e. The monoisotopic (exact) mass is 273 g/mol. The molecule has 0 aliphatic heterocycles. The van der Waals surface area contributed by atoms with Crippen LogP contribution in [-0.2, 0) is 19.6 Å². The van der Waals surface area contributed by atoms with Crippen molar-refractivity contribution in [2.24, 2.45) is 0 Å². The fraction of sp³-hybridized carbons (Fsp3) is 0.833. The fourth-order valence-electron chi connectivity index (χ4n) is 0.598. The Hall–Kier alpha value is -0.140. The summed E-state index contributed by atoms with van der Waals surface area (Å²) in [6.07, 6.45) is 0. The highest BCUT2D eigenvalue weighted by Gasteiger charge is 2.27. The molecule has 0 radical (unpaired) electrons. The van der Waals surface area contributed by atoms with E-state index in [0.29, 0.717) is 5.33 Å². The zero-order chi connectivity index (χ0) is 10.5. The normalized spacial score (nSPS) is 13.8. The van der Waals surface area contributed by atoms with Crippen molar-refractivity contribution in [3.8, 4) is 0 Å². The Morgan fingerprint density at radius 1 is 1.62 bits per heavy atom. The van der Waals surface area contributed by atoms with Gasteiger partial charge in [0.1, 0.15) is 0 Å². The molecule has 1 atom stereocenters. The van der Waals surface area contributed by atoms with Gasteiger partial charge in [-0.15, -0.1) is 0 Å². The van der Waals surface area contributed by atoms with Crippen LogP contribution < -0.4 is 4.72 Å². The van der Waals surface area contributed by atoms with Gasteiger partial charge in [0.25, 0.3) is 0 Å². The van der Waals surface area contributed by atoms with Crippen LogP contribution in [0.15, 0.2) is 0 Å². The summed E-state index contributed by atoms with van der Waals surface area (Å²) in [5.74, 6) is -0.762. The first-order valence-corrected chi connectivity index (χ1v) is 6.24. The van der Waals surface area contributed by atoms with E-state index in [1.54, 1.807) is 0 Å². The third kappa shape index (κ3) is 4.06. The number of halogens is 1. The van der Waals surface area contributed by atoms with Crippen LogP contribution in [0.2, 0.25) is 0 Å².